The zero-order chi connectivity index (χ0) is 16.3. The molecule has 0 radical (unpaired) electrons. The van der Waals surface area contributed by atoms with Crippen molar-refractivity contribution < 1.29 is 17.2 Å². The van der Waals surface area contributed by atoms with Crippen LogP contribution in [0.2, 0.25) is 0 Å². The summed E-state index contributed by atoms with van der Waals surface area (Å²) in [4.78, 5) is 3.68. The van der Waals surface area contributed by atoms with Gasteiger partial charge in [0.1, 0.15) is 0 Å². The average Bonchev–Trinajstić information content (AvgIpc) is 2.49. The monoisotopic (exact) mass is 326 g/mol. The Morgan fingerprint density at radius 3 is 2.45 bits per heavy atom. The second-order valence-corrected chi connectivity index (χ2v) is 6.45. The zero-order valence-corrected chi connectivity index (χ0v) is 13.0. The summed E-state index contributed by atoms with van der Waals surface area (Å²) in [6.07, 6.45) is -1.31. The minimum atomic E-state index is -4.09. The average molecular weight is 326 g/mol. The van der Waals surface area contributed by atoms with Crippen LogP contribution in [-0.2, 0) is 10.0 Å². The van der Waals surface area contributed by atoms with Gasteiger partial charge in [0.2, 0.25) is 0 Å². The summed E-state index contributed by atoms with van der Waals surface area (Å²) >= 11 is 0. The third kappa shape index (κ3) is 2.94. The van der Waals surface area contributed by atoms with Crippen LogP contribution in [-0.4, -0.2) is 19.9 Å². The molecule has 1 aromatic heterocycles. The lowest BCUT2D eigenvalue weighted by Gasteiger charge is -2.25. The minimum absolute atomic E-state index is 0.117. The molecule has 0 aliphatic carbocycles. The number of pyridine rings is 1. The van der Waals surface area contributed by atoms with E-state index in [1.807, 2.05) is 0 Å². The standard InChI is InChI=1S/C15H16F2N2O2S/c1-3-19(13-8-6-10-18-11(13)2)22(20,21)14-9-5-4-7-12(14)15(16)17/h4-10,15H,3H2,1-2H3. The van der Waals surface area contributed by atoms with Crippen molar-refractivity contribution >= 4 is 15.7 Å². The minimum Gasteiger partial charge on any atom is -0.265 e. The van der Waals surface area contributed by atoms with Crippen molar-refractivity contribution in [3.05, 3.63) is 53.9 Å². The van der Waals surface area contributed by atoms with E-state index in [4.69, 9.17) is 0 Å². The predicted octanol–water partition coefficient (Wildman–Crippen LogP) is 3.54. The molecule has 0 bridgehead atoms. The number of halogens is 2. The second kappa shape index (κ2) is 6.39. The van der Waals surface area contributed by atoms with Gasteiger partial charge in [-0.15, -0.1) is 0 Å². The van der Waals surface area contributed by atoms with Gasteiger partial charge in [-0.2, -0.15) is 0 Å². The molecule has 1 heterocycles. The molecule has 2 rings (SSSR count). The van der Waals surface area contributed by atoms with Crippen molar-refractivity contribution in [2.45, 2.75) is 25.2 Å². The van der Waals surface area contributed by atoms with Gasteiger partial charge >= 0.3 is 0 Å². The van der Waals surface area contributed by atoms with Crippen LogP contribution in [0, 0.1) is 6.92 Å². The molecule has 118 valence electrons. The van der Waals surface area contributed by atoms with Crippen LogP contribution in [0.1, 0.15) is 24.6 Å². The number of hydrogen-bond donors (Lipinski definition) is 0. The highest BCUT2D eigenvalue weighted by atomic mass is 32.2. The molecule has 0 atom stereocenters. The van der Waals surface area contributed by atoms with Crippen LogP contribution in [0.15, 0.2) is 47.5 Å². The fraction of sp³-hybridized carbons (Fsp3) is 0.267. The molecule has 0 aliphatic rings. The molecule has 4 nitrogen and oxygen atoms in total. The second-order valence-electron chi connectivity index (χ2n) is 4.62. The largest absolute Gasteiger partial charge is 0.265 e. The molecule has 0 saturated carbocycles. The van der Waals surface area contributed by atoms with E-state index in [9.17, 15) is 17.2 Å². The van der Waals surface area contributed by atoms with E-state index in [2.05, 4.69) is 4.98 Å². The maximum atomic E-state index is 13.1. The highest BCUT2D eigenvalue weighted by Crippen LogP contribution is 2.31. The fourth-order valence-electron chi connectivity index (χ4n) is 2.22. The lowest BCUT2D eigenvalue weighted by atomic mass is 10.2. The number of alkyl halides is 2. The number of benzene rings is 1. The molecule has 2 aromatic rings. The fourth-order valence-corrected chi connectivity index (χ4v) is 3.96. The number of sulfonamides is 1. The quantitative estimate of drug-likeness (QED) is 0.844. The van der Waals surface area contributed by atoms with Gasteiger partial charge in [-0.25, -0.2) is 17.2 Å². The Bertz CT molecular complexity index is 764. The number of nitrogens with zero attached hydrogens (tertiary/aromatic N) is 2. The number of aryl methyl sites for hydroxylation is 1. The first-order chi connectivity index (χ1) is 10.4. The highest BCUT2D eigenvalue weighted by Gasteiger charge is 2.29. The Labute approximate surface area is 128 Å². The summed E-state index contributed by atoms with van der Waals surface area (Å²) in [5, 5.41) is 0. The highest BCUT2D eigenvalue weighted by molar-refractivity contribution is 7.92. The molecule has 0 fully saturated rings. The molecule has 0 unspecified atom stereocenters. The third-order valence-electron chi connectivity index (χ3n) is 3.26. The maximum Gasteiger partial charge on any atom is 0.265 e. The third-order valence-corrected chi connectivity index (χ3v) is 5.22. The summed E-state index contributed by atoms with van der Waals surface area (Å²) in [5.41, 5.74) is 0.402. The van der Waals surface area contributed by atoms with Gasteiger partial charge in [0.15, 0.2) is 0 Å². The van der Waals surface area contributed by atoms with E-state index in [-0.39, 0.29) is 11.4 Å². The van der Waals surface area contributed by atoms with Crippen LogP contribution in [0.5, 0.6) is 0 Å². The first kappa shape index (κ1) is 16.4. The van der Waals surface area contributed by atoms with Crippen LogP contribution in [0.4, 0.5) is 14.5 Å². The SMILES string of the molecule is CCN(c1cccnc1C)S(=O)(=O)c1ccccc1C(F)F. The summed E-state index contributed by atoms with van der Waals surface area (Å²) < 4.78 is 52.9. The first-order valence-corrected chi connectivity index (χ1v) is 8.15. The maximum absolute atomic E-state index is 13.1. The Hall–Kier alpha value is -2.02. The molecule has 0 saturated heterocycles. The van der Waals surface area contributed by atoms with E-state index in [0.717, 1.165) is 10.4 Å². The number of aromatic nitrogens is 1. The van der Waals surface area contributed by atoms with Gasteiger partial charge in [0, 0.05) is 18.3 Å². The molecule has 7 heteroatoms. The van der Waals surface area contributed by atoms with E-state index in [1.165, 1.54) is 18.2 Å². The summed E-state index contributed by atoms with van der Waals surface area (Å²) in [7, 11) is -4.09. The van der Waals surface area contributed by atoms with Crippen molar-refractivity contribution in [1.82, 2.24) is 4.98 Å². The van der Waals surface area contributed by atoms with Gasteiger partial charge in [-0.1, -0.05) is 18.2 Å². The van der Waals surface area contributed by atoms with E-state index in [0.29, 0.717) is 11.4 Å². The first-order valence-electron chi connectivity index (χ1n) is 6.71. The van der Waals surface area contributed by atoms with Crippen LogP contribution in [0.25, 0.3) is 0 Å². The Kier molecular flexibility index (Phi) is 4.75. The topological polar surface area (TPSA) is 50.3 Å². The van der Waals surface area contributed by atoms with Crippen LogP contribution >= 0.6 is 0 Å². The Morgan fingerprint density at radius 2 is 1.86 bits per heavy atom. The lowest BCUT2D eigenvalue weighted by molar-refractivity contribution is 0.148. The van der Waals surface area contributed by atoms with Crippen LogP contribution < -0.4 is 4.31 Å². The van der Waals surface area contributed by atoms with Crippen molar-refractivity contribution in [3.63, 3.8) is 0 Å². The van der Waals surface area contributed by atoms with Gasteiger partial charge < -0.3 is 0 Å². The zero-order valence-electron chi connectivity index (χ0n) is 12.2. The van der Waals surface area contributed by atoms with Crippen molar-refractivity contribution in [2.24, 2.45) is 0 Å². The molecule has 0 amide bonds. The van der Waals surface area contributed by atoms with Gasteiger partial charge in [0.25, 0.3) is 16.4 Å². The van der Waals surface area contributed by atoms with Crippen molar-refractivity contribution in [3.8, 4) is 0 Å². The van der Waals surface area contributed by atoms with E-state index in [1.54, 1.807) is 32.2 Å². The van der Waals surface area contributed by atoms with E-state index >= 15 is 0 Å². The summed E-state index contributed by atoms with van der Waals surface area (Å²) in [6.45, 7) is 3.44. The predicted molar refractivity (Wildman–Crippen MR) is 80.6 cm³/mol. The van der Waals surface area contributed by atoms with Crippen molar-refractivity contribution in [1.29, 1.82) is 0 Å². The molecular formula is C15H16F2N2O2S. The molecule has 0 N–H and O–H groups in total. The van der Waals surface area contributed by atoms with E-state index < -0.39 is 22.0 Å². The molecule has 22 heavy (non-hydrogen) atoms. The van der Waals surface area contributed by atoms with Gasteiger partial charge in [-0.3, -0.25) is 9.29 Å². The van der Waals surface area contributed by atoms with Crippen LogP contribution in [0.3, 0.4) is 0 Å². The van der Waals surface area contributed by atoms with Gasteiger partial charge in [0.05, 0.1) is 16.3 Å². The number of anilines is 1. The summed E-state index contributed by atoms with van der Waals surface area (Å²) in [6, 6.07) is 8.37. The molecular weight excluding hydrogens is 310 g/mol. The van der Waals surface area contributed by atoms with Crippen molar-refractivity contribution in [2.75, 3.05) is 10.8 Å². The summed E-state index contributed by atoms with van der Waals surface area (Å²) in [5.74, 6) is 0. The smallest absolute Gasteiger partial charge is 0.265 e. The Morgan fingerprint density at radius 1 is 1.18 bits per heavy atom. The number of hydrogen-bond acceptors (Lipinski definition) is 3. The number of rotatable bonds is 5. The Balaban J connectivity index is 2.61. The van der Waals surface area contributed by atoms with Gasteiger partial charge in [-0.05, 0) is 32.0 Å². The molecule has 0 aliphatic heterocycles. The molecule has 0 spiro atoms. The normalized spacial score (nSPS) is 11.7. The molecule has 1 aromatic carbocycles. The lowest BCUT2D eigenvalue weighted by Crippen LogP contribution is -2.32.